The molecular weight excluding hydrogens is 230 g/mol. The first-order valence-corrected chi connectivity index (χ1v) is 6.46. The smallest absolute Gasteiger partial charge is 0.360 e. The Bertz CT molecular complexity index is 416. The van der Waals surface area contributed by atoms with Gasteiger partial charge in [-0.2, -0.15) is 0 Å². The standard InChI is InChI=1S/C14H21NO3/c1-4-6-7-8-11-9-10(3)15-12(13(11)16)14(17)18-5-2/h9,16H,4-8H2,1-3H3. The summed E-state index contributed by atoms with van der Waals surface area (Å²) in [6.45, 7) is 5.94. The van der Waals surface area contributed by atoms with Crippen molar-refractivity contribution in [2.45, 2.75) is 46.5 Å². The molecule has 1 aromatic heterocycles. The lowest BCUT2D eigenvalue weighted by molar-refractivity contribution is 0.0515. The topological polar surface area (TPSA) is 59.4 Å². The SMILES string of the molecule is CCCCCc1cc(C)nc(C(=O)OCC)c1O. The number of pyridine rings is 1. The third-order valence-electron chi connectivity index (χ3n) is 2.72. The van der Waals surface area contributed by atoms with Gasteiger partial charge in [0.05, 0.1) is 6.61 Å². The molecule has 0 aliphatic carbocycles. The van der Waals surface area contributed by atoms with Crippen LogP contribution in [0.1, 0.15) is 54.9 Å². The van der Waals surface area contributed by atoms with Crippen molar-refractivity contribution in [3.8, 4) is 5.75 Å². The lowest BCUT2D eigenvalue weighted by Gasteiger charge is -2.10. The fraction of sp³-hybridized carbons (Fsp3) is 0.571. The van der Waals surface area contributed by atoms with Crippen LogP contribution in [0.5, 0.6) is 5.75 Å². The molecule has 1 heterocycles. The summed E-state index contributed by atoms with van der Waals surface area (Å²) in [4.78, 5) is 15.7. The minimum absolute atomic E-state index is 0.0309. The molecule has 100 valence electrons. The quantitative estimate of drug-likeness (QED) is 0.623. The molecule has 0 amide bonds. The fourth-order valence-corrected chi connectivity index (χ4v) is 1.83. The van der Waals surface area contributed by atoms with Crippen molar-refractivity contribution in [3.63, 3.8) is 0 Å². The second-order valence-corrected chi connectivity index (χ2v) is 4.30. The maximum atomic E-state index is 11.7. The molecule has 0 atom stereocenters. The van der Waals surface area contributed by atoms with Crippen molar-refractivity contribution in [3.05, 3.63) is 23.0 Å². The lowest BCUT2D eigenvalue weighted by Crippen LogP contribution is -2.09. The van der Waals surface area contributed by atoms with E-state index in [-0.39, 0.29) is 18.1 Å². The summed E-state index contributed by atoms with van der Waals surface area (Å²) < 4.78 is 4.88. The second kappa shape index (κ2) is 6.99. The van der Waals surface area contributed by atoms with Gasteiger partial charge in [-0.3, -0.25) is 0 Å². The first-order valence-electron chi connectivity index (χ1n) is 6.46. The number of unbranched alkanes of at least 4 members (excludes halogenated alkanes) is 2. The van der Waals surface area contributed by atoms with Crippen molar-refractivity contribution in [2.24, 2.45) is 0 Å². The Morgan fingerprint density at radius 2 is 2.11 bits per heavy atom. The molecule has 4 nitrogen and oxygen atoms in total. The number of hydrogen-bond donors (Lipinski definition) is 1. The lowest BCUT2D eigenvalue weighted by atomic mass is 10.0. The van der Waals surface area contributed by atoms with Crippen molar-refractivity contribution < 1.29 is 14.6 Å². The molecule has 0 aliphatic rings. The largest absolute Gasteiger partial charge is 0.505 e. The van der Waals surface area contributed by atoms with E-state index in [2.05, 4.69) is 11.9 Å². The van der Waals surface area contributed by atoms with Gasteiger partial charge >= 0.3 is 5.97 Å². The number of carbonyl (C=O) groups excluding carboxylic acids is 1. The molecule has 0 saturated carbocycles. The highest BCUT2D eigenvalue weighted by atomic mass is 16.5. The van der Waals surface area contributed by atoms with Gasteiger partial charge in [0.1, 0.15) is 0 Å². The predicted octanol–water partition coefficient (Wildman–Crippen LogP) is 3.01. The average molecular weight is 251 g/mol. The maximum Gasteiger partial charge on any atom is 0.360 e. The zero-order chi connectivity index (χ0) is 13.5. The van der Waals surface area contributed by atoms with Crippen LogP contribution in [0.15, 0.2) is 6.07 Å². The van der Waals surface area contributed by atoms with Gasteiger partial charge in [-0.25, -0.2) is 9.78 Å². The molecular formula is C14H21NO3. The Balaban J connectivity index is 2.94. The van der Waals surface area contributed by atoms with Crippen molar-refractivity contribution in [1.82, 2.24) is 4.98 Å². The Hall–Kier alpha value is -1.58. The maximum absolute atomic E-state index is 11.7. The van der Waals surface area contributed by atoms with Crippen LogP contribution >= 0.6 is 0 Å². The average Bonchev–Trinajstić information content (AvgIpc) is 2.33. The summed E-state index contributed by atoms with van der Waals surface area (Å²) in [5.41, 5.74) is 1.53. The van der Waals surface area contributed by atoms with Gasteiger partial charge in [0.2, 0.25) is 0 Å². The van der Waals surface area contributed by atoms with Gasteiger partial charge in [0, 0.05) is 5.69 Å². The van der Waals surface area contributed by atoms with E-state index >= 15 is 0 Å². The van der Waals surface area contributed by atoms with E-state index in [1.165, 1.54) is 0 Å². The number of aromatic nitrogens is 1. The number of hydrogen-bond acceptors (Lipinski definition) is 4. The van der Waals surface area contributed by atoms with E-state index in [0.717, 1.165) is 36.9 Å². The van der Waals surface area contributed by atoms with Crippen molar-refractivity contribution in [2.75, 3.05) is 6.61 Å². The van der Waals surface area contributed by atoms with Crippen LogP contribution in [0.3, 0.4) is 0 Å². The van der Waals surface area contributed by atoms with Crippen molar-refractivity contribution in [1.29, 1.82) is 0 Å². The first-order chi connectivity index (χ1) is 8.60. The number of nitrogens with zero attached hydrogens (tertiary/aromatic N) is 1. The van der Waals surface area contributed by atoms with Crippen LogP contribution in [0.2, 0.25) is 0 Å². The van der Waals surface area contributed by atoms with E-state index in [1.807, 2.05) is 13.0 Å². The monoisotopic (exact) mass is 251 g/mol. The van der Waals surface area contributed by atoms with Crippen LogP contribution in [0.25, 0.3) is 0 Å². The highest BCUT2D eigenvalue weighted by Gasteiger charge is 2.18. The molecule has 0 aromatic carbocycles. The van der Waals surface area contributed by atoms with Crippen LogP contribution in [-0.2, 0) is 11.2 Å². The van der Waals surface area contributed by atoms with Gasteiger partial charge in [-0.1, -0.05) is 19.8 Å². The van der Waals surface area contributed by atoms with Gasteiger partial charge in [-0.15, -0.1) is 0 Å². The summed E-state index contributed by atoms with van der Waals surface area (Å²) >= 11 is 0. The molecule has 18 heavy (non-hydrogen) atoms. The molecule has 0 unspecified atom stereocenters. The Morgan fingerprint density at radius 1 is 1.39 bits per heavy atom. The number of rotatable bonds is 6. The number of aryl methyl sites for hydroxylation is 2. The minimum atomic E-state index is -0.560. The van der Waals surface area contributed by atoms with E-state index in [4.69, 9.17) is 4.74 Å². The van der Waals surface area contributed by atoms with Gasteiger partial charge in [0.25, 0.3) is 0 Å². The predicted molar refractivity (Wildman–Crippen MR) is 69.8 cm³/mol. The molecule has 0 radical (unpaired) electrons. The molecule has 0 saturated heterocycles. The molecule has 0 fully saturated rings. The Morgan fingerprint density at radius 3 is 2.72 bits per heavy atom. The molecule has 4 heteroatoms. The van der Waals surface area contributed by atoms with Gasteiger partial charge in [0.15, 0.2) is 11.4 Å². The summed E-state index contributed by atoms with van der Waals surface area (Å²) in [5.74, 6) is -0.592. The van der Waals surface area contributed by atoms with E-state index in [0.29, 0.717) is 0 Å². The van der Waals surface area contributed by atoms with E-state index < -0.39 is 5.97 Å². The number of ether oxygens (including phenoxy) is 1. The van der Waals surface area contributed by atoms with Crippen LogP contribution in [0.4, 0.5) is 0 Å². The first kappa shape index (κ1) is 14.5. The highest BCUT2D eigenvalue weighted by molar-refractivity contribution is 5.90. The molecule has 1 aromatic rings. The molecule has 1 rings (SSSR count). The molecule has 0 spiro atoms. The van der Waals surface area contributed by atoms with E-state index in [1.54, 1.807) is 6.92 Å². The summed E-state index contributed by atoms with van der Waals surface area (Å²) in [5, 5.41) is 10.0. The third-order valence-corrected chi connectivity index (χ3v) is 2.72. The summed E-state index contributed by atoms with van der Waals surface area (Å²) in [6.07, 6.45) is 3.98. The Kier molecular flexibility index (Phi) is 5.62. The van der Waals surface area contributed by atoms with E-state index in [9.17, 15) is 9.90 Å². The fourth-order valence-electron chi connectivity index (χ4n) is 1.83. The third kappa shape index (κ3) is 3.72. The number of esters is 1. The second-order valence-electron chi connectivity index (χ2n) is 4.30. The zero-order valence-corrected chi connectivity index (χ0v) is 11.3. The normalized spacial score (nSPS) is 10.4. The van der Waals surface area contributed by atoms with Crippen LogP contribution < -0.4 is 0 Å². The summed E-state index contributed by atoms with van der Waals surface area (Å²) in [6, 6.07) is 1.83. The molecule has 0 bridgehead atoms. The molecule has 1 N–H and O–H groups in total. The Labute approximate surface area is 108 Å². The van der Waals surface area contributed by atoms with Crippen LogP contribution in [-0.4, -0.2) is 22.7 Å². The van der Waals surface area contributed by atoms with Gasteiger partial charge in [-0.05, 0) is 38.3 Å². The number of aromatic hydroxyl groups is 1. The zero-order valence-electron chi connectivity index (χ0n) is 11.3. The minimum Gasteiger partial charge on any atom is -0.505 e. The van der Waals surface area contributed by atoms with Crippen LogP contribution in [0, 0.1) is 6.92 Å². The van der Waals surface area contributed by atoms with Gasteiger partial charge < -0.3 is 9.84 Å². The molecule has 0 aliphatic heterocycles. The number of carbonyl (C=O) groups is 1. The highest BCUT2D eigenvalue weighted by Crippen LogP contribution is 2.24. The van der Waals surface area contributed by atoms with Crippen molar-refractivity contribution >= 4 is 5.97 Å². The summed E-state index contributed by atoms with van der Waals surface area (Å²) in [7, 11) is 0.